The zero-order chi connectivity index (χ0) is 16.3. The van der Waals surface area contributed by atoms with Crippen LogP contribution in [0.2, 0.25) is 0 Å². The van der Waals surface area contributed by atoms with Crippen molar-refractivity contribution in [2.45, 2.75) is 39.2 Å². The third-order valence-corrected chi connectivity index (χ3v) is 3.99. The summed E-state index contributed by atoms with van der Waals surface area (Å²) in [6, 6.07) is 3.90. The van der Waals surface area contributed by atoms with Crippen LogP contribution >= 0.6 is 0 Å². The summed E-state index contributed by atoms with van der Waals surface area (Å²) in [4.78, 5) is 11.7. The van der Waals surface area contributed by atoms with Crippen molar-refractivity contribution in [2.24, 2.45) is 11.5 Å². The number of nitrogens with zero attached hydrogens (tertiary/aromatic N) is 1. The fourth-order valence-electron chi connectivity index (χ4n) is 2.82. The first-order valence-electron chi connectivity index (χ1n) is 7.78. The van der Waals surface area contributed by atoms with Crippen LogP contribution in [0.1, 0.15) is 47.7 Å². The first kappa shape index (κ1) is 16.5. The number of rotatable bonds is 7. The van der Waals surface area contributed by atoms with E-state index in [0.29, 0.717) is 18.7 Å². The van der Waals surface area contributed by atoms with E-state index in [1.807, 2.05) is 10.8 Å². The minimum atomic E-state index is -0.890. The van der Waals surface area contributed by atoms with Crippen LogP contribution in [0.4, 0.5) is 0 Å². The molecular formula is C17H25N3O2. The quantitative estimate of drug-likeness (QED) is 0.731. The number of nitrogens with two attached hydrogens (primary N) is 2. The van der Waals surface area contributed by atoms with E-state index in [-0.39, 0.29) is 5.92 Å². The van der Waals surface area contributed by atoms with Gasteiger partial charge in [0.05, 0.1) is 11.1 Å². The molecule has 0 atom stereocenters. The molecule has 0 aliphatic rings. The number of carboxylic acid groups (broad SMARTS) is 1. The van der Waals surface area contributed by atoms with E-state index in [4.69, 9.17) is 11.5 Å². The van der Waals surface area contributed by atoms with Gasteiger partial charge in [0.25, 0.3) is 0 Å². The standard InChI is InChI=1S/C17H25N3O2/c1-11(2)13-8-14-12(4-6-19)10-20(7-3-5-18)16(14)15(9-13)17(21)22/h8-11H,3-7,18-19H2,1-2H3,(H,21,22). The largest absolute Gasteiger partial charge is 0.478 e. The van der Waals surface area contributed by atoms with Gasteiger partial charge < -0.3 is 21.1 Å². The molecule has 22 heavy (non-hydrogen) atoms. The fraction of sp³-hybridized carbons (Fsp3) is 0.471. The summed E-state index contributed by atoms with van der Waals surface area (Å²) in [7, 11) is 0. The molecule has 5 N–H and O–H groups in total. The summed E-state index contributed by atoms with van der Waals surface area (Å²) >= 11 is 0. The first-order valence-corrected chi connectivity index (χ1v) is 7.78. The molecule has 0 bridgehead atoms. The molecular weight excluding hydrogens is 278 g/mol. The zero-order valence-electron chi connectivity index (χ0n) is 13.3. The Morgan fingerprint density at radius 3 is 2.55 bits per heavy atom. The number of aromatic carboxylic acids is 1. The molecule has 1 aromatic carbocycles. The topological polar surface area (TPSA) is 94.3 Å². The Balaban J connectivity index is 2.73. The third kappa shape index (κ3) is 3.15. The third-order valence-electron chi connectivity index (χ3n) is 3.99. The number of aryl methyl sites for hydroxylation is 1. The van der Waals surface area contributed by atoms with Crippen molar-refractivity contribution < 1.29 is 9.90 Å². The van der Waals surface area contributed by atoms with Crippen LogP contribution < -0.4 is 11.5 Å². The second kappa shape index (κ2) is 6.94. The molecule has 0 fully saturated rings. The molecule has 1 aromatic heterocycles. The lowest BCUT2D eigenvalue weighted by atomic mass is 9.96. The molecule has 0 unspecified atom stereocenters. The molecule has 120 valence electrons. The molecule has 0 spiro atoms. The first-order chi connectivity index (χ1) is 10.5. The summed E-state index contributed by atoms with van der Waals surface area (Å²) in [5, 5.41) is 10.6. The Hall–Kier alpha value is -1.85. The van der Waals surface area contributed by atoms with E-state index in [2.05, 4.69) is 19.9 Å². The zero-order valence-corrected chi connectivity index (χ0v) is 13.3. The van der Waals surface area contributed by atoms with Crippen molar-refractivity contribution >= 4 is 16.9 Å². The van der Waals surface area contributed by atoms with Crippen LogP contribution in [-0.2, 0) is 13.0 Å². The summed E-state index contributed by atoms with van der Waals surface area (Å²) < 4.78 is 2.01. The van der Waals surface area contributed by atoms with Crippen molar-refractivity contribution in [1.82, 2.24) is 4.57 Å². The lowest BCUT2D eigenvalue weighted by molar-refractivity contribution is 0.0698. The average molecular weight is 303 g/mol. The number of hydrogen-bond donors (Lipinski definition) is 3. The number of carboxylic acids is 1. The van der Waals surface area contributed by atoms with Gasteiger partial charge in [-0.3, -0.25) is 0 Å². The highest BCUT2D eigenvalue weighted by Gasteiger charge is 2.18. The van der Waals surface area contributed by atoms with Gasteiger partial charge in [0, 0.05) is 18.1 Å². The number of benzene rings is 1. The van der Waals surface area contributed by atoms with Crippen LogP contribution in [0.15, 0.2) is 18.3 Å². The van der Waals surface area contributed by atoms with Gasteiger partial charge in [-0.15, -0.1) is 0 Å². The molecule has 5 nitrogen and oxygen atoms in total. The number of aromatic nitrogens is 1. The highest BCUT2D eigenvalue weighted by molar-refractivity contribution is 6.04. The van der Waals surface area contributed by atoms with Crippen molar-refractivity contribution in [3.8, 4) is 0 Å². The molecule has 0 amide bonds. The van der Waals surface area contributed by atoms with E-state index in [1.54, 1.807) is 6.07 Å². The van der Waals surface area contributed by atoms with Crippen LogP contribution in [0.3, 0.4) is 0 Å². The summed E-state index contributed by atoms with van der Waals surface area (Å²) in [5.74, 6) is -0.612. The molecule has 0 saturated carbocycles. The highest BCUT2D eigenvalue weighted by atomic mass is 16.4. The van der Waals surface area contributed by atoms with Gasteiger partial charge >= 0.3 is 5.97 Å². The van der Waals surface area contributed by atoms with Gasteiger partial charge in [-0.1, -0.05) is 13.8 Å². The molecule has 1 heterocycles. The lowest BCUT2D eigenvalue weighted by Crippen LogP contribution is -2.08. The Morgan fingerprint density at radius 2 is 2.00 bits per heavy atom. The van der Waals surface area contributed by atoms with Gasteiger partial charge in [-0.05, 0) is 55.1 Å². The Labute approximate surface area is 130 Å². The van der Waals surface area contributed by atoms with Crippen LogP contribution in [0, 0.1) is 0 Å². The van der Waals surface area contributed by atoms with Gasteiger partial charge in [0.2, 0.25) is 0 Å². The summed E-state index contributed by atoms with van der Waals surface area (Å²) in [6.45, 7) is 5.99. The fourth-order valence-corrected chi connectivity index (χ4v) is 2.82. The SMILES string of the molecule is CC(C)c1cc(C(=O)O)c2c(c1)c(CCN)cn2CCCN. The van der Waals surface area contributed by atoms with Gasteiger partial charge in [-0.25, -0.2) is 4.79 Å². The van der Waals surface area contributed by atoms with Gasteiger partial charge in [0.15, 0.2) is 0 Å². The number of hydrogen-bond acceptors (Lipinski definition) is 3. The van der Waals surface area contributed by atoms with E-state index in [9.17, 15) is 9.90 Å². The minimum absolute atomic E-state index is 0.278. The van der Waals surface area contributed by atoms with Crippen molar-refractivity contribution in [2.75, 3.05) is 13.1 Å². The van der Waals surface area contributed by atoms with E-state index in [0.717, 1.165) is 41.4 Å². The van der Waals surface area contributed by atoms with Gasteiger partial charge in [0.1, 0.15) is 0 Å². The number of fused-ring (bicyclic) bond motifs is 1. The molecule has 2 rings (SSSR count). The Bertz CT molecular complexity index is 674. The Kier molecular flexibility index (Phi) is 5.21. The highest BCUT2D eigenvalue weighted by Crippen LogP contribution is 2.30. The maximum Gasteiger partial charge on any atom is 0.337 e. The molecule has 0 aliphatic heterocycles. The predicted octanol–water partition coefficient (Wildman–Crippen LogP) is 2.31. The summed E-state index contributed by atoms with van der Waals surface area (Å²) in [6.07, 6.45) is 3.59. The molecule has 0 aliphatic carbocycles. The minimum Gasteiger partial charge on any atom is -0.478 e. The predicted molar refractivity (Wildman–Crippen MR) is 89.4 cm³/mol. The maximum absolute atomic E-state index is 11.7. The smallest absolute Gasteiger partial charge is 0.337 e. The van der Waals surface area contributed by atoms with E-state index >= 15 is 0 Å². The monoisotopic (exact) mass is 303 g/mol. The summed E-state index contributed by atoms with van der Waals surface area (Å²) in [5.41, 5.74) is 14.6. The second-order valence-corrected chi connectivity index (χ2v) is 5.95. The van der Waals surface area contributed by atoms with Crippen LogP contribution in [0.25, 0.3) is 10.9 Å². The Morgan fingerprint density at radius 1 is 1.27 bits per heavy atom. The van der Waals surface area contributed by atoms with Crippen molar-refractivity contribution in [1.29, 1.82) is 0 Å². The molecule has 0 saturated heterocycles. The van der Waals surface area contributed by atoms with E-state index in [1.165, 1.54) is 0 Å². The number of carbonyl (C=O) groups is 1. The average Bonchev–Trinajstić information content (AvgIpc) is 2.82. The van der Waals surface area contributed by atoms with Gasteiger partial charge in [-0.2, -0.15) is 0 Å². The van der Waals surface area contributed by atoms with Crippen molar-refractivity contribution in [3.05, 3.63) is 35.0 Å². The molecule has 5 heteroatoms. The maximum atomic E-state index is 11.7. The molecule has 2 aromatic rings. The van der Waals surface area contributed by atoms with Crippen LogP contribution in [0.5, 0.6) is 0 Å². The van der Waals surface area contributed by atoms with E-state index < -0.39 is 5.97 Å². The molecule has 0 radical (unpaired) electrons. The van der Waals surface area contributed by atoms with Crippen molar-refractivity contribution in [3.63, 3.8) is 0 Å². The normalized spacial score (nSPS) is 11.5. The second-order valence-electron chi connectivity index (χ2n) is 5.95. The van der Waals surface area contributed by atoms with Crippen LogP contribution in [-0.4, -0.2) is 28.7 Å². The lowest BCUT2D eigenvalue weighted by Gasteiger charge is -2.11.